The molecule has 4 heterocycles. The fourth-order valence-electron chi connectivity index (χ4n) is 8.54. The lowest BCUT2D eigenvalue weighted by Crippen LogP contribution is -2.61. The van der Waals surface area contributed by atoms with Gasteiger partial charge in [0.15, 0.2) is 0 Å². The lowest BCUT2D eigenvalue weighted by Gasteiger charge is -2.44. The summed E-state index contributed by atoms with van der Waals surface area (Å²) in [6.07, 6.45) is 3.78. The summed E-state index contributed by atoms with van der Waals surface area (Å²) in [5.41, 5.74) is 8.46. The summed E-state index contributed by atoms with van der Waals surface area (Å²) in [6.45, 7) is 0.00265. The van der Waals surface area contributed by atoms with Gasteiger partial charge in [-0.3, -0.25) is 9.80 Å². The van der Waals surface area contributed by atoms with E-state index in [0.29, 0.717) is 0 Å². The van der Waals surface area contributed by atoms with Gasteiger partial charge in [-0.25, -0.2) is 9.97 Å². The van der Waals surface area contributed by atoms with E-state index in [1.54, 1.807) is 0 Å². The van der Waals surface area contributed by atoms with Gasteiger partial charge in [0.25, 0.3) is 6.71 Å². The summed E-state index contributed by atoms with van der Waals surface area (Å²) >= 11 is 0. The van der Waals surface area contributed by atoms with E-state index < -0.39 is 0 Å². The van der Waals surface area contributed by atoms with E-state index in [-0.39, 0.29) is 6.71 Å². The van der Waals surface area contributed by atoms with E-state index >= 15 is 0 Å². The van der Waals surface area contributed by atoms with E-state index in [4.69, 9.17) is 9.97 Å². The van der Waals surface area contributed by atoms with Crippen molar-refractivity contribution >= 4 is 101 Å². The minimum Gasteiger partial charge on any atom is -0.295 e. The van der Waals surface area contributed by atoms with Crippen molar-refractivity contribution in [3.8, 4) is 0 Å². The van der Waals surface area contributed by atoms with Crippen LogP contribution in [0.1, 0.15) is 0 Å². The molecule has 7 aromatic carbocycles. The highest BCUT2D eigenvalue weighted by Gasteiger charge is 2.44. The molecule has 0 spiro atoms. The number of fused-ring (bicyclic) bond motifs is 12. The molecule has 226 valence electrons. The van der Waals surface area contributed by atoms with Crippen molar-refractivity contribution in [2.24, 2.45) is 0 Å². The number of aromatic nitrogens is 2. The van der Waals surface area contributed by atoms with Gasteiger partial charge in [-0.15, -0.1) is 0 Å². The fourth-order valence-corrected chi connectivity index (χ4v) is 8.54. The smallest absolute Gasteiger partial charge is 0.252 e. The van der Waals surface area contributed by atoms with Gasteiger partial charge in [0.05, 0.1) is 11.4 Å². The zero-order chi connectivity index (χ0) is 32.1. The molecule has 0 unspecified atom stereocenters. The zero-order valence-corrected chi connectivity index (χ0v) is 26.5. The number of nitrogens with zero attached hydrogens (tertiary/aromatic N) is 4. The zero-order valence-electron chi connectivity index (χ0n) is 26.5. The molecule has 0 N–H and O–H groups in total. The molecule has 0 atom stereocenters. The predicted octanol–water partition coefficient (Wildman–Crippen LogP) is 9.17. The van der Waals surface area contributed by atoms with Crippen molar-refractivity contribution in [1.29, 1.82) is 0 Å². The monoisotopic (exact) mass is 622 g/mol. The molecule has 0 fully saturated rings. The first-order chi connectivity index (χ1) is 24.3. The molecule has 49 heavy (non-hydrogen) atoms. The number of hydrogen-bond donors (Lipinski definition) is 0. The van der Waals surface area contributed by atoms with E-state index in [9.17, 15) is 0 Å². The highest BCUT2D eigenvalue weighted by Crippen LogP contribution is 2.47. The second-order valence-corrected chi connectivity index (χ2v) is 13.0. The van der Waals surface area contributed by atoms with Crippen LogP contribution >= 0.6 is 0 Å². The van der Waals surface area contributed by atoms with Gasteiger partial charge in [0, 0.05) is 34.5 Å². The van der Waals surface area contributed by atoms with Gasteiger partial charge in [0.2, 0.25) is 0 Å². The van der Waals surface area contributed by atoms with Gasteiger partial charge in [0.1, 0.15) is 11.6 Å². The molecule has 0 amide bonds. The van der Waals surface area contributed by atoms with E-state index in [1.165, 1.54) is 70.9 Å². The minimum absolute atomic E-state index is 0.00265. The quantitative estimate of drug-likeness (QED) is 0.142. The van der Waals surface area contributed by atoms with Crippen LogP contribution in [0.3, 0.4) is 0 Å². The highest BCUT2D eigenvalue weighted by atomic mass is 15.2. The number of anilines is 6. The fraction of sp³-hybridized carbons (Fsp3) is 0. The Balaban J connectivity index is 1.30. The first-order valence-electron chi connectivity index (χ1n) is 16.8. The molecule has 0 saturated carbocycles. The largest absolute Gasteiger partial charge is 0.295 e. The lowest BCUT2D eigenvalue weighted by atomic mass is 9.33. The van der Waals surface area contributed by atoms with Crippen molar-refractivity contribution in [3.63, 3.8) is 0 Å². The number of benzene rings is 7. The maximum atomic E-state index is 4.96. The molecule has 0 bridgehead atoms. The van der Waals surface area contributed by atoms with E-state index in [1.807, 2.05) is 24.5 Å². The normalized spacial score (nSPS) is 13.2. The third-order valence-corrected chi connectivity index (χ3v) is 10.5. The van der Waals surface area contributed by atoms with Crippen LogP contribution in [0, 0.1) is 0 Å². The van der Waals surface area contributed by atoms with E-state index in [2.05, 4.69) is 149 Å². The second-order valence-electron chi connectivity index (χ2n) is 13.0. The molecular formula is C44H27BN4. The van der Waals surface area contributed by atoms with Crippen LogP contribution in [-0.4, -0.2) is 16.7 Å². The van der Waals surface area contributed by atoms with Crippen LogP contribution in [0.4, 0.5) is 34.4 Å². The van der Waals surface area contributed by atoms with Crippen molar-refractivity contribution < 1.29 is 0 Å². The van der Waals surface area contributed by atoms with Gasteiger partial charge < -0.3 is 0 Å². The highest BCUT2D eigenvalue weighted by molar-refractivity contribution is 7.00. The van der Waals surface area contributed by atoms with Crippen molar-refractivity contribution in [2.75, 3.05) is 9.80 Å². The summed E-state index contributed by atoms with van der Waals surface area (Å²) in [5.74, 6) is 1.80. The maximum absolute atomic E-state index is 4.96. The van der Waals surface area contributed by atoms with Crippen molar-refractivity contribution in [2.45, 2.75) is 0 Å². The summed E-state index contributed by atoms with van der Waals surface area (Å²) in [5, 5.41) is 9.92. The molecule has 0 saturated heterocycles. The molecule has 11 rings (SSSR count). The van der Waals surface area contributed by atoms with Crippen LogP contribution in [0.25, 0.3) is 43.1 Å². The Morgan fingerprint density at radius 2 is 0.837 bits per heavy atom. The summed E-state index contributed by atoms with van der Waals surface area (Å²) in [4.78, 5) is 14.7. The minimum atomic E-state index is 0.00265. The second kappa shape index (κ2) is 10.0. The predicted molar refractivity (Wildman–Crippen MR) is 206 cm³/mol. The Morgan fingerprint density at radius 1 is 0.367 bits per heavy atom. The molecule has 0 aliphatic carbocycles. The number of rotatable bonds is 2. The molecule has 0 radical (unpaired) electrons. The summed E-state index contributed by atoms with van der Waals surface area (Å²) < 4.78 is 0. The Kier molecular flexibility index (Phi) is 5.44. The van der Waals surface area contributed by atoms with Crippen LogP contribution in [0.5, 0.6) is 0 Å². The molecule has 2 aliphatic heterocycles. The topological polar surface area (TPSA) is 32.3 Å². The molecule has 2 aliphatic rings. The van der Waals surface area contributed by atoms with Crippen LogP contribution in [0.2, 0.25) is 0 Å². The van der Waals surface area contributed by atoms with Crippen molar-refractivity contribution in [1.82, 2.24) is 9.97 Å². The number of hydrogen-bond acceptors (Lipinski definition) is 4. The van der Waals surface area contributed by atoms with Gasteiger partial charge in [-0.1, -0.05) is 115 Å². The average Bonchev–Trinajstić information content (AvgIpc) is 3.18. The first kappa shape index (κ1) is 26.6. The van der Waals surface area contributed by atoms with Crippen LogP contribution in [0.15, 0.2) is 164 Å². The molecular weight excluding hydrogens is 595 g/mol. The summed E-state index contributed by atoms with van der Waals surface area (Å²) in [6, 6.07) is 55.0. The Bertz CT molecular complexity index is 2610. The molecule has 9 aromatic rings. The Labute approximate surface area is 283 Å². The van der Waals surface area contributed by atoms with E-state index in [0.717, 1.165) is 23.0 Å². The van der Waals surface area contributed by atoms with Gasteiger partial charge in [-0.05, 0) is 85.1 Å². The standard InChI is InChI=1S/C44H27BN4/c1-3-12-30-28(10-1)18-20-34-32(30)22-24-36-43(34)48(40-16-5-7-26-46-40)38-14-9-15-39-42(38)45(36)37-25-23-33-31-13-4-2-11-29(31)19-21-35(33)44(37)49(39)41-17-6-8-27-47-41/h1-27H. The Morgan fingerprint density at radius 3 is 1.33 bits per heavy atom. The molecule has 4 nitrogen and oxygen atoms in total. The molecule has 2 aromatic heterocycles. The number of pyridine rings is 2. The molecule has 5 heteroatoms. The third-order valence-electron chi connectivity index (χ3n) is 10.5. The SMILES string of the molecule is c1ccc(N2c3cccc4c3B(c3ccc5c(ccc6ccccc65)c32)c2ccc3c(ccc5ccccc53)c2N4c2ccccn2)nc1. The van der Waals surface area contributed by atoms with Crippen LogP contribution in [-0.2, 0) is 0 Å². The average molecular weight is 623 g/mol. The first-order valence-corrected chi connectivity index (χ1v) is 16.8. The Hall–Kier alpha value is -6.46. The summed E-state index contributed by atoms with van der Waals surface area (Å²) in [7, 11) is 0. The maximum Gasteiger partial charge on any atom is 0.252 e. The van der Waals surface area contributed by atoms with Gasteiger partial charge in [-0.2, -0.15) is 0 Å². The van der Waals surface area contributed by atoms with Crippen LogP contribution < -0.4 is 26.2 Å². The third kappa shape index (κ3) is 3.64. The van der Waals surface area contributed by atoms with Crippen molar-refractivity contribution in [3.05, 3.63) is 164 Å². The van der Waals surface area contributed by atoms with Gasteiger partial charge >= 0.3 is 0 Å². The lowest BCUT2D eigenvalue weighted by molar-refractivity contribution is 1.17.